The number of hydrogen-bond donors (Lipinski definition) is 0. The lowest BCUT2D eigenvalue weighted by Crippen LogP contribution is -2.26. The van der Waals surface area contributed by atoms with Crippen LogP contribution in [0.3, 0.4) is 0 Å². The Morgan fingerprint density at radius 1 is 1.30 bits per heavy atom. The van der Waals surface area contributed by atoms with Crippen molar-refractivity contribution in [2.24, 2.45) is 0 Å². The third kappa shape index (κ3) is 4.00. The van der Waals surface area contributed by atoms with Gasteiger partial charge in [0.15, 0.2) is 11.9 Å². The largest absolute Gasteiger partial charge is 0.479 e. The van der Waals surface area contributed by atoms with E-state index in [0.717, 1.165) is 0 Å². The number of carbonyl (C=O) groups excluding carboxylic acids is 2. The third-order valence-corrected chi connectivity index (χ3v) is 4.02. The van der Waals surface area contributed by atoms with E-state index in [2.05, 4.69) is 0 Å². The van der Waals surface area contributed by atoms with E-state index in [0.29, 0.717) is 28.2 Å². The summed E-state index contributed by atoms with van der Waals surface area (Å²) in [5.41, 5.74) is 1.61. The molecule has 1 unspecified atom stereocenters. The van der Waals surface area contributed by atoms with Crippen LogP contribution >= 0.6 is 0 Å². The van der Waals surface area contributed by atoms with Gasteiger partial charge >= 0.3 is 5.97 Å². The van der Waals surface area contributed by atoms with Crippen LogP contribution in [0.15, 0.2) is 42.2 Å². The number of ether oxygens (including phenoxy) is 3. The van der Waals surface area contributed by atoms with Crippen molar-refractivity contribution in [2.75, 3.05) is 6.61 Å². The predicted molar refractivity (Wildman–Crippen MR) is 97.2 cm³/mol. The molecule has 140 valence electrons. The Bertz CT molecular complexity index is 932. The lowest BCUT2D eigenvalue weighted by Gasteiger charge is -2.14. The van der Waals surface area contributed by atoms with Gasteiger partial charge in [0.1, 0.15) is 17.3 Å². The molecule has 1 heterocycles. The summed E-state index contributed by atoms with van der Waals surface area (Å²) in [6, 6.07) is 9.10. The molecule has 5 nitrogen and oxygen atoms in total. The molecule has 0 radical (unpaired) electrons. The van der Waals surface area contributed by atoms with Crippen LogP contribution in [-0.2, 0) is 9.53 Å². The summed E-state index contributed by atoms with van der Waals surface area (Å²) in [6.07, 6.45) is 0.703. The smallest absolute Gasteiger partial charge is 0.347 e. The molecule has 3 rings (SSSR count). The Morgan fingerprint density at radius 2 is 2.07 bits per heavy atom. The fourth-order valence-electron chi connectivity index (χ4n) is 2.81. The van der Waals surface area contributed by atoms with Gasteiger partial charge in [0.05, 0.1) is 12.2 Å². The van der Waals surface area contributed by atoms with Crippen LogP contribution in [0.2, 0.25) is 0 Å². The number of aryl methyl sites for hydroxylation is 1. The average Bonchev–Trinajstić information content (AvgIpc) is 2.91. The van der Waals surface area contributed by atoms with E-state index in [1.54, 1.807) is 45.0 Å². The van der Waals surface area contributed by atoms with Crippen molar-refractivity contribution < 1.29 is 28.2 Å². The highest BCUT2D eigenvalue weighted by molar-refractivity contribution is 6.15. The number of fused-ring (bicyclic) bond motifs is 1. The lowest BCUT2D eigenvalue weighted by atomic mass is 10.0. The van der Waals surface area contributed by atoms with Crippen LogP contribution in [-0.4, -0.2) is 24.5 Å². The first-order valence-electron chi connectivity index (χ1n) is 8.56. The van der Waals surface area contributed by atoms with Gasteiger partial charge in [0.2, 0.25) is 5.78 Å². The normalized spacial score (nSPS) is 15.3. The SMILES string of the molecule is CCOC(=O)C(C)Oc1cc(C)c2c(c1)O/C(=C\c1cccc(F)c1)C2=O. The van der Waals surface area contributed by atoms with Gasteiger partial charge in [-0.1, -0.05) is 12.1 Å². The van der Waals surface area contributed by atoms with E-state index < -0.39 is 17.9 Å². The highest BCUT2D eigenvalue weighted by Crippen LogP contribution is 2.37. The first kappa shape index (κ1) is 18.6. The maximum Gasteiger partial charge on any atom is 0.347 e. The molecule has 0 saturated carbocycles. The van der Waals surface area contributed by atoms with E-state index in [1.165, 1.54) is 18.2 Å². The topological polar surface area (TPSA) is 61.8 Å². The van der Waals surface area contributed by atoms with Gasteiger partial charge in [-0.15, -0.1) is 0 Å². The minimum Gasteiger partial charge on any atom is -0.479 e. The average molecular weight is 370 g/mol. The fourth-order valence-corrected chi connectivity index (χ4v) is 2.81. The summed E-state index contributed by atoms with van der Waals surface area (Å²) in [4.78, 5) is 24.4. The number of halogens is 1. The van der Waals surface area contributed by atoms with Crippen molar-refractivity contribution in [1.29, 1.82) is 0 Å². The summed E-state index contributed by atoms with van der Waals surface area (Å²) < 4.78 is 29.5. The maximum atomic E-state index is 13.4. The van der Waals surface area contributed by atoms with Crippen molar-refractivity contribution in [2.45, 2.75) is 26.9 Å². The highest BCUT2D eigenvalue weighted by atomic mass is 19.1. The molecular formula is C21H19FO5. The van der Waals surface area contributed by atoms with Crippen LogP contribution in [0.25, 0.3) is 6.08 Å². The summed E-state index contributed by atoms with van der Waals surface area (Å²) in [6.45, 7) is 5.33. The molecule has 1 aliphatic rings. The molecule has 1 atom stereocenters. The number of Topliss-reactive ketones (excluding diaryl/α,β-unsaturated/α-hetero) is 1. The molecule has 27 heavy (non-hydrogen) atoms. The highest BCUT2D eigenvalue weighted by Gasteiger charge is 2.30. The first-order chi connectivity index (χ1) is 12.9. The zero-order chi connectivity index (χ0) is 19.6. The minimum absolute atomic E-state index is 0.106. The predicted octanol–water partition coefficient (Wildman–Crippen LogP) is 4.08. The number of rotatable bonds is 5. The van der Waals surface area contributed by atoms with Gasteiger partial charge in [0, 0.05) is 6.07 Å². The quantitative estimate of drug-likeness (QED) is 0.586. The van der Waals surface area contributed by atoms with E-state index in [1.807, 2.05) is 0 Å². The van der Waals surface area contributed by atoms with Crippen molar-refractivity contribution in [3.05, 3.63) is 64.7 Å². The van der Waals surface area contributed by atoms with Crippen molar-refractivity contribution in [3.8, 4) is 11.5 Å². The Morgan fingerprint density at radius 3 is 2.78 bits per heavy atom. The molecule has 2 aromatic rings. The second-order valence-electron chi connectivity index (χ2n) is 6.12. The van der Waals surface area contributed by atoms with Gasteiger partial charge < -0.3 is 14.2 Å². The monoisotopic (exact) mass is 370 g/mol. The van der Waals surface area contributed by atoms with Crippen molar-refractivity contribution in [1.82, 2.24) is 0 Å². The molecule has 0 fully saturated rings. The number of esters is 1. The fraction of sp³-hybridized carbons (Fsp3) is 0.238. The van der Waals surface area contributed by atoms with Gasteiger partial charge in [-0.05, 0) is 56.2 Å². The number of carbonyl (C=O) groups is 2. The zero-order valence-corrected chi connectivity index (χ0v) is 15.2. The lowest BCUT2D eigenvalue weighted by molar-refractivity contribution is -0.150. The van der Waals surface area contributed by atoms with E-state index in [9.17, 15) is 14.0 Å². The van der Waals surface area contributed by atoms with Gasteiger partial charge in [-0.3, -0.25) is 4.79 Å². The molecule has 0 bridgehead atoms. The molecule has 0 N–H and O–H groups in total. The zero-order valence-electron chi connectivity index (χ0n) is 15.2. The number of benzene rings is 2. The number of allylic oxidation sites excluding steroid dienone is 1. The molecule has 0 aliphatic carbocycles. The van der Waals surface area contributed by atoms with Crippen LogP contribution in [0, 0.1) is 12.7 Å². The van der Waals surface area contributed by atoms with Crippen molar-refractivity contribution >= 4 is 17.8 Å². The van der Waals surface area contributed by atoms with E-state index in [4.69, 9.17) is 14.2 Å². The molecule has 0 spiro atoms. The van der Waals surface area contributed by atoms with Gasteiger partial charge in [-0.2, -0.15) is 0 Å². The third-order valence-electron chi connectivity index (χ3n) is 4.02. The summed E-state index contributed by atoms with van der Waals surface area (Å²) in [5.74, 6) is -0.308. The minimum atomic E-state index is -0.790. The Hall–Kier alpha value is -3.15. The van der Waals surface area contributed by atoms with Crippen LogP contribution in [0.1, 0.15) is 35.3 Å². The number of ketones is 1. The molecule has 0 amide bonds. The van der Waals surface area contributed by atoms with Crippen LogP contribution in [0.5, 0.6) is 11.5 Å². The summed E-state index contributed by atoms with van der Waals surface area (Å²) in [7, 11) is 0. The van der Waals surface area contributed by atoms with E-state index in [-0.39, 0.29) is 18.1 Å². The Balaban J connectivity index is 1.86. The molecule has 6 heteroatoms. The second-order valence-corrected chi connectivity index (χ2v) is 6.12. The van der Waals surface area contributed by atoms with Gasteiger partial charge in [0.25, 0.3) is 0 Å². The van der Waals surface area contributed by atoms with Crippen LogP contribution in [0.4, 0.5) is 4.39 Å². The summed E-state index contributed by atoms with van der Waals surface area (Å²) >= 11 is 0. The molecule has 0 saturated heterocycles. The Labute approximate surface area is 156 Å². The maximum absolute atomic E-state index is 13.4. The second kappa shape index (κ2) is 7.61. The first-order valence-corrected chi connectivity index (χ1v) is 8.56. The van der Waals surface area contributed by atoms with E-state index >= 15 is 0 Å². The Kier molecular flexibility index (Phi) is 5.26. The van der Waals surface area contributed by atoms with Gasteiger partial charge in [-0.25, -0.2) is 9.18 Å². The molecule has 0 aromatic heterocycles. The molecular weight excluding hydrogens is 351 g/mol. The van der Waals surface area contributed by atoms with Crippen molar-refractivity contribution in [3.63, 3.8) is 0 Å². The molecule has 1 aliphatic heterocycles. The molecule has 2 aromatic carbocycles. The number of hydrogen-bond acceptors (Lipinski definition) is 5. The van der Waals surface area contributed by atoms with Crippen LogP contribution < -0.4 is 9.47 Å². The standard InChI is InChI=1S/C21H19FO5/c1-4-25-21(24)13(3)26-16-8-12(2)19-17(11-16)27-18(20(19)23)10-14-6-5-7-15(22)9-14/h5-11,13H,4H2,1-3H3/b18-10-. The summed E-state index contributed by atoms with van der Waals surface area (Å²) in [5, 5.41) is 0.